The third-order valence-corrected chi connectivity index (χ3v) is 4.37. The fourth-order valence-corrected chi connectivity index (χ4v) is 2.96. The van der Waals surface area contributed by atoms with Gasteiger partial charge in [0, 0.05) is 6.04 Å². The topological polar surface area (TPSA) is 29.1 Å². The van der Waals surface area contributed by atoms with Gasteiger partial charge in [-0.3, -0.25) is 4.79 Å². The maximum Gasteiger partial charge on any atom is 0.231 e. The van der Waals surface area contributed by atoms with Gasteiger partial charge >= 0.3 is 0 Å². The Kier molecular flexibility index (Phi) is 5.23. The molecule has 0 aromatic heterocycles. The number of aryl methyl sites for hydroxylation is 1. The highest BCUT2D eigenvalue weighted by Crippen LogP contribution is 2.48. The van der Waals surface area contributed by atoms with Crippen LogP contribution < -0.4 is 5.32 Å². The summed E-state index contributed by atoms with van der Waals surface area (Å²) in [5.74, 6) is 0.165. The van der Waals surface area contributed by atoms with Gasteiger partial charge in [0.15, 0.2) is 0 Å². The van der Waals surface area contributed by atoms with Crippen LogP contribution in [0.15, 0.2) is 48.1 Å². The third-order valence-electron chi connectivity index (χ3n) is 4.37. The number of carbonyl (C=O) groups excluding carboxylic acids is 1. The molecule has 1 saturated carbocycles. The molecule has 1 aromatic carbocycles. The molecule has 1 aliphatic carbocycles. The van der Waals surface area contributed by atoms with Gasteiger partial charge < -0.3 is 5.32 Å². The summed E-state index contributed by atoms with van der Waals surface area (Å²) in [7, 11) is 0. The smallest absolute Gasteiger partial charge is 0.231 e. The first-order valence-electron chi connectivity index (χ1n) is 8.23. The van der Waals surface area contributed by atoms with Crippen LogP contribution in [-0.4, -0.2) is 11.9 Å². The molecule has 0 saturated heterocycles. The summed E-state index contributed by atoms with van der Waals surface area (Å²) in [6, 6.07) is 8.54. The molecular formula is C20H27NO. The molecule has 22 heavy (non-hydrogen) atoms. The maximum atomic E-state index is 12.7. The van der Waals surface area contributed by atoms with E-state index in [0.717, 1.165) is 19.3 Å². The predicted octanol–water partition coefficient (Wildman–Crippen LogP) is 4.31. The lowest BCUT2D eigenvalue weighted by molar-refractivity contribution is -0.123. The Morgan fingerprint density at radius 3 is 2.73 bits per heavy atom. The van der Waals surface area contributed by atoms with E-state index in [1.54, 1.807) is 0 Å². The Morgan fingerprint density at radius 2 is 2.14 bits per heavy atom. The number of hydrogen-bond acceptors (Lipinski definition) is 1. The van der Waals surface area contributed by atoms with Gasteiger partial charge in [-0.15, -0.1) is 0 Å². The lowest BCUT2D eigenvalue weighted by Crippen LogP contribution is -2.39. The molecule has 1 atom stereocenters. The second-order valence-electron chi connectivity index (χ2n) is 6.31. The minimum absolute atomic E-state index is 0.0514. The highest BCUT2D eigenvalue weighted by molar-refractivity contribution is 5.91. The molecule has 1 N–H and O–H groups in total. The molecule has 1 amide bonds. The molecule has 0 spiro atoms. The molecule has 2 nitrogen and oxygen atoms in total. The van der Waals surface area contributed by atoms with E-state index in [1.165, 1.54) is 16.7 Å². The summed E-state index contributed by atoms with van der Waals surface area (Å²) < 4.78 is 0. The maximum absolute atomic E-state index is 12.7. The molecule has 0 bridgehead atoms. The number of rotatable bonds is 6. The van der Waals surface area contributed by atoms with Crippen molar-refractivity contribution < 1.29 is 4.79 Å². The van der Waals surface area contributed by atoms with Crippen molar-refractivity contribution in [3.05, 3.63) is 59.2 Å². The van der Waals surface area contributed by atoms with Gasteiger partial charge in [0.1, 0.15) is 0 Å². The molecule has 1 aliphatic rings. The molecular weight excluding hydrogens is 270 g/mol. The van der Waals surface area contributed by atoms with Crippen molar-refractivity contribution in [2.75, 3.05) is 0 Å². The monoisotopic (exact) mass is 297 g/mol. The van der Waals surface area contributed by atoms with Gasteiger partial charge in [0.2, 0.25) is 5.91 Å². The number of carbonyl (C=O) groups is 1. The minimum Gasteiger partial charge on any atom is -0.349 e. The minimum atomic E-state index is -0.290. The Morgan fingerprint density at radius 1 is 1.41 bits per heavy atom. The van der Waals surface area contributed by atoms with E-state index in [4.69, 9.17) is 0 Å². The third kappa shape index (κ3) is 3.68. The van der Waals surface area contributed by atoms with Crippen LogP contribution in [0, 0.1) is 0 Å². The van der Waals surface area contributed by atoms with Crippen molar-refractivity contribution in [2.45, 2.75) is 58.4 Å². The summed E-state index contributed by atoms with van der Waals surface area (Å²) in [6.07, 6.45) is 9.08. The van der Waals surface area contributed by atoms with E-state index < -0.39 is 0 Å². The van der Waals surface area contributed by atoms with Gasteiger partial charge in [-0.25, -0.2) is 0 Å². The van der Waals surface area contributed by atoms with E-state index in [1.807, 2.05) is 19.9 Å². The molecule has 1 aromatic rings. The zero-order chi connectivity index (χ0) is 16.2. The fourth-order valence-electron chi connectivity index (χ4n) is 2.96. The standard InChI is InChI=1S/C20H27NO/c1-5-8-15(3)13-16(4)21-19(22)20(11-12-20)18-10-7-9-17(6-2)14-18/h5,7-10,13-14,16H,6,11-12H2,1-4H3,(H,21,22)/b8-5+,15-13+. The Hall–Kier alpha value is -1.83. The van der Waals surface area contributed by atoms with Gasteiger partial charge in [0.25, 0.3) is 0 Å². The first-order valence-corrected chi connectivity index (χ1v) is 8.23. The molecule has 1 fully saturated rings. The summed E-state index contributed by atoms with van der Waals surface area (Å²) >= 11 is 0. The van der Waals surface area contributed by atoms with E-state index >= 15 is 0 Å². The van der Waals surface area contributed by atoms with Gasteiger partial charge in [-0.2, -0.15) is 0 Å². The second-order valence-corrected chi connectivity index (χ2v) is 6.31. The van der Waals surface area contributed by atoms with Crippen LogP contribution in [0.5, 0.6) is 0 Å². The molecule has 118 valence electrons. The molecule has 1 unspecified atom stereocenters. The SMILES string of the molecule is C/C=C/C(C)=C/C(C)NC(=O)C1(c2cccc(CC)c2)CC1. The normalized spacial score (nSPS) is 18.3. The quantitative estimate of drug-likeness (QED) is 0.779. The van der Waals surface area contributed by atoms with E-state index in [2.05, 4.69) is 55.6 Å². The Labute approximate surface area is 134 Å². The van der Waals surface area contributed by atoms with Crippen molar-refractivity contribution in [3.8, 4) is 0 Å². The first-order chi connectivity index (χ1) is 10.5. The van der Waals surface area contributed by atoms with Gasteiger partial charge in [-0.1, -0.05) is 55.0 Å². The highest BCUT2D eigenvalue weighted by atomic mass is 16.2. The van der Waals surface area contributed by atoms with Crippen LogP contribution in [0.3, 0.4) is 0 Å². The summed E-state index contributed by atoms with van der Waals surface area (Å²) in [5, 5.41) is 3.16. The molecule has 0 radical (unpaired) electrons. The van der Waals surface area contributed by atoms with Gasteiger partial charge in [0.05, 0.1) is 5.41 Å². The second kappa shape index (κ2) is 6.95. The Bertz CT molecular complexity index is 593. The number of benzene rings is 1. The fraction of sp³-hybridized carbons (Fsp3) is 0.450. The summed E-state index contributed by atoms with van der Waals surface area (Å²) in [4.78, 5) is 12.7. The van der Waals surface area contributed by atoms with Gasteiger partial charge in [-0.05, 0) is 51.2 Å². The Balaban J connectivity index is 2.10. The summed E-state index contributed by atoms with van der Waals surface area (Å²) in [6.45, 7) is 8.24. The van der Waals surface area contributed by atoms with Crippen LogP contribution in [0.25, 0.3) is 0 Å². The largest absolute Gasteiger partial charge is 0.349 e. The highest BCUT2D eigenvalue weighted by Gasteiger charge is 2.51. The van der Waals surface area contributed by atoms with E-state index in [-0.39, 0.29) is 17.4 Å². The molecule has 2 rings (SSSR count). The average Bonchev–Trinajstić information content (AvgIpc) is 3.29. The number of nitrogens with one attached hydrogen (secondary N) is 1. The predicted molar refractivity (Wildman–Crippen MR) is 92.9 cm³/mol. The van der Waals surface area contributed by atoms with Crippen molar-refractivity contribution in [2.24, 2.45) is 0 Å². The number of hydrogen-bond donors (Lipinski definition) is 1. The van der Waals surface area contributed by atoms with Crippen LogP contribution >= 0.6 is 0 Å². The van der Waals surface area contributed by atoms with E-state index in [9.17, 15) is 4.79 Å². The van der Waals surface area contributed by atoms with Crippen molar-refractivity contribution in [1.82, 2.24) is 5.32 Å². The van der Waals surface area contributed by atoms with Crippen LogP contribution in [0.1, 0.15) is 51.7 Å². The van der Waals surface area contributed by atoms with Crippen molar-refractivity contribution in [1.29, 1.82) is 0 Å². The summed E-state index contributed by atoms with van der Waals surface area (Å²) in [5.41, 5.74) is 3.36. The zero-order valence-corrected chi connectivity index (χ0v) is 14.1. The molecule has 0 aliphatic heterocycles. The molecule has 2 heteroatoms. The number of amides is 1. The van der Waals surface area contributed by atoms with E-state index in [0.29, 0.717) is 0 Å². The zero-order valence-electron chi connectivity index (χ0n) is 14.1. The van der Waals surface area contributed by atoms with Crippen molar-refractivity contribution >= 4 is 5.91 Å². The first kappa shape index (κ1) is 16.5. The van der Waals surface area contributed by atoms with Crippen LogP contribution in [-0.2, 0) is 16.6 Å². The van der Waals surface area contributed by atoms with Crippen molar-refractivity contribution in [3.63, 3.8) is 0 Å². The molecule has 0 heterocycles. The van der Waals surface area contributed by atoms with Crippen LogP contribution in [0.4, 0.5) is 0 Å². The average molecular weight is 297 g/mol. The number of allylic oxidation sites excluding steroid dienone is 3. The lowest BCUT2D eigenvalue weighted by Gasteiger charge is -2.19. The lowest BCUT2D eigenvalue weighted by atomic mass is 9.92. The van der Waals surface area contributed by atoms with Crippen LogP contribution in [0.2, 0.25) is 0 Å².